The predicted molar refractivity (Wildman–Crippen MR) is 116 cm³/mol. The van der Waals surface area contributed by atoms with Crippen molar-refractivity contribution in [3.8, 4) is 16.3 Å². The summed E-state index contributed by atoms with van der Waals surface area (Å²) in [7, 11) is 1.58. The maximum atomic E-state index is 12.5. The molecule has 0 aliphatic carbocycles. The minimum Gasteiger partial charge on any atom is -0.495 e. The summed E-state index contributed by atoms with van der Waals surface area (Å²) in [6.45, 7) is 2.02. The number of nitrogens with zero attached hydrogens (tertiary/aromatic N) is 4. The van der Waals surface area contributed by atoms with E-state index in [2.05, 4.69) is 20.6 Å². The first-order valence-corrected chi connectivity index (χ1v) is 10.9. The molecular formula is C20H19N5O2S2. The van der Waals surface area contributed by atoms with Gasteiger partial charge in [0.1, 0.15) is 10.8 Å². The van der Waals surface area contributed by atoms with Crippen molar-refractivity contribution in [3.63, 3.8) is 0 Å². The Labute approximate surface area is 176 Å². The van der Waals surface area contributed by atoms with Crippen LogP contribution in [0.1, 0.15) is 12.7 Å². The van der Waals surface area contributed by atoms with Gasteiger partial charge in [-0.2, -0.15) is 9.61 Å². The van der Waals surface area contributed by atoms with E-state index >= 15 is 0 Å². The molecule has 0 fully saturated rings. The van der Waals surface area contributed by atoms with Crippen LogP contribution in [0.15, 0.2) is 53.4 Å². The maximum absolute atomic E-state index is 12.5. The highest BCUT2D eigenvalue weighted by Gasteiger charge is 2.15. The van der Waals surface area contributed by atoms with E-state index in [0.717, 1.165) is 32.7 Å². The van der Waals surface area contributed by atoms with Gasteiger partial charge in [0.2, 0.25) is 10.9 Å². The molecular weight excluding hydrogens is 406 g/mol. The van der Waals surface area contributed by atoms with Gasteiger partial charge in [0.05, 0.1) is 18.6 Å². The first-order valence-electron chi connectivity index (χ1n) is 9.05. The quantitative estimate of drug-likeness (QED) is 0.448. The lowest BCUT2D eigenvalue weighted by atomic mass is 10.2. The molecule has 0 unspecified atom stereocenters. The molecule has 0 aliphatic rings. The van der Waals surface area contributed by atoms with Crippen molar-refractivity contribution < 1.29 is 9.53 Å². The van der Waals surface area contributed by atoms with E-state index in [4.69, 9.17) is 4.74 Å². The van der Waals surface area contributed by atoms with Crippen LogP contribution in [0.2, 0.25) is 0 Å². The van der Waals surface area contributed by atoms with E-state index in [-0.39, 0.29) is 5.91 Å². The van der Waals surface area contributed by atoms with Crippen molar-refractivity contribution in [2.75, 3.05) is 18.2 Å². The molecule has 148 valence electrons. The van der Waals surface area contributed by atoms with Gasteiger partial charge < -0.3 is 10.1 Å². The fourth-order valence-electron chi connectivity index (χ4n) is 2.79. The molecule has 2 aromatic heterocycles. The van der Waals surface area contributed by atoms with Gasteiger partial charge in [-0.25, -0.2) is 0 Å². The standard InChI is InChI=1S/C20H19N5O2S2/c1-3-17-22-23-20-25(17)24-19(29-20)13-9-10-16(27-2)15(11-13)21-18(26)12-28-14-7-5-4-6-8-14/h4-11H,3,12H2,1-2H3,(H,21,26). The van der Waals surface area contributed by atoms with Crippen LogP contribution in [0.25, 0.3) is 15.5 Å². The molecule has 0 saturated heterocycles. The van der Waals surface area contributed by atoms with Crippen molar-refractivity contribution in [3.05, 3.63) is 54.4 Å². The zero-order valence-electron chi connectivity index (χ0n) is 16.0. The normalized spacial score (nSPS) is 11.0. The van der Waals surface area contributed by atoms with Crippen LogP contribution in [0.3, 0.4) is 0 Å². The summed E-state index contributed by atoms with van der Waals surface area (Å²) in [5.41, 5.74) is 1.50. The third-order valence-corrected chi connectivity index (χ3v) is 6.17. The molecule has 0 saturated carbocycles. The molecule has 7 nitrogen and oxygen atoms in total. The van der Waals surface area contributed by atoms with Crippen molar-refractivity contribution in [2.45, 2.75) is 18.2 Å². The molecule has 2 heterocycles. The van der Waals surface area contributed by atoms with Crippen LogP contribution in [0, 0.1) is 0 Å². The Balaban J connectivity index is 1.54. The predicted octanol–water partition coefficient (Wildman–Crippen LogP) is 4.15. The van der Waals surface area contributed by atoms with Gasteiger partial charge in [-0.3, -0.25) is 4.79 Å². The zero-order chi connectivity index (χ0) is 20.2. The SMILES string of the molecule is CCc1nnc2sc(-c3ccc(OC)c(NC(=O)CSc4ccccc4)c3)nn12. The highest BCUT2D eigenvalue weighted by atomic mass is 32.2. The number of hydrogen-bond donors (Lipinski definition) is 1. The van der Waals surface area contributed by atoms with Gasteiger partial charge in [0, 0.05) is 16.9 Å². The second-order valence-electron chi connectivity index (χ2n) is 6.14. The van der Waals surface area contributed by atoms with Crippen LogP contribution < -0.4 is 10.1 Å². The van der Waals surface area contributed by atoms with Crippen molar-refractivity contribution in [1.82, 2.24) is 19.8 Å². The molecule has 0 spiro atoms. The number of ether oxygens (including phenoxy) is 1. The van der Waals surface area contributed by atoms with Crippen LogP contribution in [-0.4, -0.2) is 38.6 Å². The van der Waals surface area contributed by atoms with Crippen LogP contribution in [0.4, 0.5) is 5.69 Å². The number of rotatable bonds is 7. The van der Waals surface area contributed by atoms with Crippen molar-refractivity contribution >= 4 is 39.7 Å². The number of aromatic nitrogens is 4. The van der Waals surface area contributed by atoms with Gasteiger partial charge in [0.15, 0.2) is 5.82 Å². The lowest BCUT2D eigenvalue weighted by Gasteiger charge is -2.11. The number of methoxy groups -OCH3 is 1. The van der Waals surface area contributed by atoms with Gasteiger partial charge in [-0.15, -0.1) is 22.0 Å². The zero-order valence-corrected chi connectivity index (χ0v) is 17.6. The second kappa shape index (κ2) is 8.62. The molecule has 1 amide bonds. The van der Waals surface area contributed by atoms with E-state index < -0.39 is 0 Å². The monoisotopic (exact) mass is 425 g/mol. The number of benzene rings is 2. The van der Waals surface area contributed by atoms with Crippen molar-refractivity contribution in [1.29, 1.82) is 0 Å². The average molecular weight is 426 g/mol. The van der Waals surface area contributed by atoms with Crippen LogP contribution in [-0.2, 0) is 11.2 Å². The minimum atomic E-state index is -0.0966. The molecule has 0 bridgehead atoms. The number of anilines is 1. The van der Waals surface area contributed by atoms with Crippen LogP contribution >= 0.6 is 23.1 Å². The average Bonchev–Trinajstić information content (AvgIpc) is 3.34. The third-order valence-electron chi connectivity index (χ3n) is 4.21. The smallest absolute Gasteiger partial charge is 0.234 e. The Morgan fingerprint density at radius 3 is 2.79 bits per heavy atom. The topological polar surface area (TPSA) is 81.4 Å². The second-order valence-corrected chi connectivity index (χ2v) is 8.14. The lowest BCUT2D eigenvalue weighted by molar-refractivity contribution is -0.113. The maximum Gasteiger partial charge on any atom is 0.234 e. The van der Waals surface area contributed by atoms with Gasteiger partial charge in [0.25, 0.3) is 0 Å². The molecule has 4 aromatic rings. The number of carbonyl (C=O) groups excluding carboxylic acids is 1. The molecule has 0 radical (unpaired) electrons. The number of nitrogens with one attached hydrogen (secondary N) is 1. The molecule has 0 atom stereocenters. The summed E-state index contributed by atoms with van der Waals surface area (Å²) in [6.07, 6.45) is 0.757. The Morgan fingerprint density at radius 2 is 2.03 bits per heavy atom. The van der Waals surface area contributed by atoms with E-state index in [0.29, 0.717) is 17.2 Å². The molecule has 9 heteroatoms. The number of amides is 1. The van der Waals surface area contributed by atoms with Crippen molar-refractivity contribution in [2.24, 2.45) is 0 Å². The Hall–Kier alpha value is -2.91. The molecule has 4 rings (SSSR count). The Bertz CT molecular complexity index is 1140. The number of aryl methyl sites for hydroxylation is 1. The summed E-state index contributed by atoms with van der Waals surface area (Å²) >= 11 is 2.94. The largest absolute Gasteiger partial charge is 0.495 e. The van der Waals surface area contributed by atoms with E-state index in [1.165, 1.54) is 23.1 Å². The molecule has 0 aliphatic heterocycles. The van der Waals surface area contributed by atoms with E-state index in [1.807, 2.05) is 55.5 Å². The fraction of sp³-hybridized carbons (Fsp3) is 0.200. The molecule has 2 aromatic carbocycles. The molecule has 1 N–H and O–H groups in total. The van der Waals surface area contributed by atoms with Crippen LogP contribution in [0.5, 0.6) is 5.75 Å². The molecule has 29 heavy (non-hydrogen) atoms. The van der Waals surface area contributed by atoms with E-state index in [1.54, 1.807) is 11.6 Å². The highest BCUT2D eigenvalue weighted by Crippen LogP contribution is 2.33. The first kappa shape index (κ1) is 19.4. The lowest BCUT2D eigenvalue weighted by Crippen LogP contribution is -2.14. The summed E-state index contributed by atoms with van der Waals surface area (Å²) in [5.74, 6) is 1.64. The Kier molecular flexibility index (Phi) is 5.77. The number of hydrogen-bond acceptors (Lipinski definition) is 7. The Morgan fingerprint density at radius 1 is 1.21 bits per heavy atom. The van der Waals surface area contributed by atoms with Gasteiger partial charge in [-0.1, -0.05) is 36.5 Å². The van der Waals surface area contributed by atoms with Gasteiger partial charge >= 0.3 is 0 Å². The fourth-order valence-corrected chi connectivity index (χ4v) is 4.36. The third kappa shape index (κ3) is 4.25. The summed E-state index contributed by atoms with van der Waals surface area (Å²) < 4.78 is 7.18. The van der Waals surface area contributed by atoms with E-state index in [9.17, 15) is 4.79 Å². The summed E-state index contributed by atoms with van der Waals surface area (Å²) in [5, 5.41) is 16.7. The highest BCUT2D eigenvalue weighted by molar-refractivity contribution is 8.00. The number of fused-ring (bicyclic) bond motifs is 1. The summed E-state index contributed by atoms with van der Waals surface area (Å²) in [4.78, 5) is 14.3. The van der Waals surface area contributed by atoms with Gasteiger partial charge in [-0.05, 0) is 30.3 Å². The number of carbonyl (C=O) groups is 1. The minimum absolute atomic E-state index is 0.0966. The first-order chi connectivity index (χ1) is 14.2. The summed E-state index contributed by atoms with van der Waals surface area (Å²) in [6, 6.07) is 15.5. The number of thioether (sulfide) groups is 1.